The van der Waals surface area contributed by atoms with E-state index < -0.39 is 6.17 Å². The highest BCUT2D eigenvalue weighted by molar-refractivity contribution is 4.94. The Labute approximate surface area is 139 Å². The molecule has 1 rings (SSSR count). The molecule has 132 valence electrons. The lowest BCUT2D eigenvalue weighted by Crippen LogP contribution is -2.35. The maximum Gasteiger partial charge on any atom is 0.131 e. The lowest BCUT2D eigenvalue weighted by atomic mass is 10.3. The normalized spacial score (nSPS) is 18.4. The molecule has 1 aliphatic heterocycles. The van der Waals surface area contributed by atoms with E-state index >= 15 is 0 Å². The van der Waals surface area contributed by atoms with Crippen molar-refractivity contribution in [3.05, 3.63) is 24.8 Å². The van der Waals surface area contributed by atoms with Crippen LogP contribution >= 0.6 is 0 Å². The zero-order valence-corrected chi connectivity index (χ0v) is 16.0. The fraction of sp³-hybridized carbons (Fsp3) is 0.789. The molecular formula is C19H39FN2. The van der Waals surface area contributed by atoms with Gasteiger partial charge in [0.2, 0.25) is 0 Å². The Morgan fingerprint density at radius 1 is 1.32 bits per heavy atom. The van der Waals surface area contributed by atoms with Gasteiger partial charge in [-0.3, -0.25) is 4.90 Å². The average molecular weight is 315 g/mol. The average Bonchev–Trinajstić information content (AvgIpc) is 2.72. The predicted octanol–water partition coefficient (Wildman–Crippen LogP) is 4.92. The van der Waals surface area contributed by atoms with Crippen molar-refractivity contribution < 1.29 is 4.39 Å². The Bertz CT molecular complexity index is 275. The number of hydrogen-bond acceptors (Lipinski definition) is 2. The van der Waals surface area contributed by atoms with Crippen molar-refractivity contribution in [3.8, 4) is 0 Å². The van der Waals surface area contributed by atoms with Gasteiger partial charge in [-0.1, -0.05) is 32.1 Å². The number of hydrogen-bond donors (Lipinski definition) is 0. The molecule has 2 nitrogen and oxygen atoms in total. The minimum Gasteiger partial charge on any atom is -0.304 e. The highest BCUT2D eigenvalue weighted by Crippen LogP contribution is 2.09. The monoisotopic (exact) mass is 314 g/mol. The van der Waals surface area contributed by atoms with Gasteiger partial charge in [-0.2, -0.15) is 0 Å². The first kappa shape index (κ1) is 23.6. The molecule has 0 aliphatic carbocycles. The second-order valence-electron chi connectivity index (χ2n) is 5.97. The molecule has 3 heteroatoms. The van der Waals surface area contributed by atoms with Crippen molar-refractivity contribution in [3.63, 3.8) is 0 Å². The summed E-state index contributed by atoms with van der Waals surface area (Å²) in [6, 6.07) is 1.12. The standard InChI is InChI=1S/C9H16FN.C8H17N.C2H6/c1-8(2)11-6-4-3-5-9(10)7-11;1-5-6-7-9(4)8(2)3;1-2/h3,5,8-9H,4,6-7H2,1-2H3;5,8H,1,6-7H2,2-4H3;1-2H3. The molecule has 0 saturated heterocycles. The van der Waals surface area contributed by atoms with Crippen molar-refractivity contribution in [2.24, 2.45) is 0 Å². The van der Waals surface area contributed by atoms with Gasteiger partial charge in [-0.25, -0.2) is 4.39 Å². The van der Waals surface area contributed by atoms with Crippen LogP contribution in [0, 0.1) is 0 Å². The molecule has 0 bridgehead atoms. The van der Waals surface area contributed by atoms with Crippen LogP contribution in [0.2, 0.25) is 0 Å². The van der Waals surface area contributed by atoms with Gasteiger partial charge >= 0.3 is 0 Å². The highest BCUT2D eigenvalue weighted by atomic mass is 19.1. The maximum absolute atomic E-state index is 12.9. The van der Waals surface area contributed by atoms with E-state index in [1.165, 1.54) is 0 Å². The molecule has 0 saturated carbocycles. The van der Waals surface area contributed by atoms with Crippen LogP contribution in [0.4, 0.5) is 4.39 Å². The Morgan fingerprint density at radius 2 is 1.91 bits per heavy atom. The Balaban J connectivity index is 0. The van der Waals surface area contributed by atoms with E-state index in [2.05, 4.69) is 51.1 Å². The van der Waals surface area contributed by atoms with E-state index in [1.807, 2.05) is 26.0 Å². The lowest BCUT2D eigenvalue weighted by molar-refractivity contribution is 0.187. The van der Waals surface area contributed by atoms with Crippen molar-refractivity contribution in [1.82, 2.24) is 9.80 Å². The Hall–Kier alpha value is -0.670. The van der Waals surface area contributed by atoms with Crippen molar-refractivity contribution in [2.75, 3.05) is 26.7 Å². The second-order valence-corrected chi connectivity index (χ2v) is 5.97. The fourth-order valence-electron chi connectivity index (χ4n) is 1.88. The molecule has 0 aromatic heterocycles. The van der Waals surface area contributed by atoms with Gasteiger partial charge in [0, 0.05) is 31.7 Å². The minimum absolute atomic E-state index is 0.466. The van der Waals surface area contributed by atoms with Crippen molar-refractivity contribution in [2.45, 2.75) is 72.6 Å². The predicted molar refractivity (Wildman–Crippen MR) is 99.3 cm³/mol. The van der Waals surface area contributed by atoms with Crippen LogP contribution in [0.3, 0.4) is 0 Å². The molecule has 0 amide bonds. The molecule has 0 aromatic carbocycles. The quantitative estimate of drug-likeness (QED) is 0.664. The van der Waals surface area contributed by atoms with E-state index in [-0.39, 0.29) is 0 Å². The number of alkyl halides is 1. The van der Waals surface area contributed by atoms with Crippen LogP contribution in [-0.2, 0) is 0 Å². The molecule has 0 aromatic rings. The molecule has 0 spiro atoms. The summed E-state index contributed by atoms with van der Waals surface area (Å²) < 4.78 is 12.9. The van der Waals surface area contributed by atoms with Gasteiger partial charge in [-0.15, -0.1) is 6.58 Å². The zero-order chi connectivity index (χ0) is 17.5. The van der Waals surface area contributed by atoms with Crippen LogP contribution in [0.5, 0.6) is 0 Å². The van der Waals surface area contributed by atoms with E-state index in [4.69, 9.17) is 0 Å². The second kappa shape index (κ2) is 15.2. The number of rotatable bonds is 5. The summed E-state index contributed by atoms with van der Waals surface area (Å²) in [5.41, 5.74) is 0. The van der Waals surface area contributed by atoms with Gasteiger partial charge in [0.05, 0.1) is 0 Å². The van der Waals surface area contributed by atoms with Gasteiger partial charge in [0.1, 0.15) is 6.17 Å². The summed E-state index contributed by atoms with van der Waals surface area (Å²) >= 11 is 0. The molecule has 1 heterocycles. The first-order valence-corrected chi connectivity index (χ1v) is 8.74. The van der Waals surface area contributed by atoms with Crippen LogP contribution in [-0.4, -0.2) is 54.7 Å². The van der Waals surface area contributed by atoms with E-state index in [0.29, 0.717) is 18.6 Å². The summed E-state index contributed by atoms with van der Waals surface area (Å²) in [7, 11) is 2.13. The van der Waals surface area contributed by atoms with E-state index in [0.717, 1.165) is 25.9 Å². The Morgan fingerprint density at radius 3 is 2.36 bits per heavy atom. The lowest BCUT2D eigenvalue weighted by Gasteiger charge is -2.24. The molecule has 0 radical (unpaired) electrons. The van der Waals surface area contributed by atoms with Gasteiger partial charge in [0.15, 0.2) is 0 Å². The molecular weight excluding hydrogens is 275 g/mol. The third kappa shape index (κ3) is 13.0. The summed E-state index contributed by atoms with van der Waals surface area (Å²) in [6.45, 7) is 19.0. The molecule has 1 atom stereocenters. The third-order valence-corrected chi connectivity index (χ3v) is 3.63. The molecule has 0 N–H and O–H groups in total. The third-order valence-electron chi connectivity index (χ3n) is 3.63. The SMILES string of the molecule is C=CCCN(C)C(C)C.CC.CC(C)N1CCC=CC(F)C1. The van der Waals surface area contributed by atoms with E-state index in [9.17, 15) is 4.39 Å². The number of nitrogens with zero attached hydrogens (tertiary/aromatic N) is 2. The van der Waals surface area contributed by atoms with Crippen molar-refractivity contribution >= 4 is 0 Å². The first-order chi connectivity index (χ1) is 10.4. The summed E-state index contributed by atoms with van der Waals surface area (Å²) in [5, 5.41) is 0. The zero-order valence-electron chi connectivity index (χ0n) is 16.0. The Kier molecular flexibility index (Phi) is 16.3. The van der Waals surface area contributed by atoms with Gasteiger partial charge < -0.3 is 4.90 Å². The minimum atomic E-state index is -0.764. The van der Waals surface area contributed by atoms with E-state index in [1.54, 1.807) is 6.08 Å². The largest absolute Gasteiger partial charge is 0.304 e. The summed E-state index contributed by atoms with van der Waals surface area (Å²) in [6.07, 6.45) is 6.88. The highest BCUT2D eigenvalue weighted by Gasteiger charge is 2.15. The molecule has 0 fully saturated rings. The van der Waals surface area contributed by atoms with Crippen molar-refractivity contribution in [1.29, 1.82) is 0 Å². The van der Waals surface area contributed by atoms with Crippen LogP contribution in [0.1, 0.15) is 54.4 Å². The fourth-order valence-corrected chi connectivity index (χ4v) is 1.88. The van der Waals surface area contributed by atoms with Crippen LogP contribution < -0.4 is 0 Å². The summed E-state index contributed by atoms with van der Waals surface area (Å²) in [5.74, 6) is 0. The van der Waals surface area contributed by atoms with Gasteiger partial charge in [-0.05, 0) is 47.6 Å². The molecule has 1 unspecified atom stereocenters. The molecule has 1 aliphatic rings. The molecule has 22 heavy (non-hydrogen) atoms. The van der Waals surface area contributed by atoms with Crippen LogP contribution in [0.25, 0.3) is 0 Å². The topological polar surface area (TPSA) is 6.48 Å². The van der Waals surface area contributed by atoms with Crippen LogP contribution in [0.15, 0.2) is 24.8 Å². The smallest absolute Gasteiger partial charge is 0.131 e. The van der Waals surface area contributed by atoms with Gasteiger partial charge in [0.25, 0.3) is 0 Å². The first-order valence-electron chi connectivity index (χ1n) is 8.74. The summed E-state index contributed by atoms with van der Waals surface area (Å²) in [4.78, 5) is 4.48. The number of halogens is 1. The maximum atomic E-state index is 12.9.